The lowest BCUT2D eigenvalue weighted by atomic mass is 10.3. The highest BCUT2D eigenvalue weighted by Gasteiger charge is 2.08. The Kier molecular flexibility index (Phi) is 4.73. The highest BCUT2D eigenvalue weighted by atomic mass is 35.5. The van der Waals surface area contributed by atoms with Crippen molar-refractivity contribution in [1.29, 1.82) is 0 Å². The molecule has 2 rings (SSSR count). The quantitative estimate of drug-likeness (QED) is 0.679. The molecule has 0 aliphatic rings. The molecule has 1 N–H and O–H groups in total. The van der Waals surface area contributed by atoms with E-state index in [0.29, 0.717) is 10.7 Å². The van der Waals surface area contributed by atoms with Gasteiger partial charge in [-0.15, -0.1) is 0 Å². The van der Waals surface area contributed by atoms with Crippen LogP contribution in [-0.2, 0) is 4.79 Å². The molecule has 2 aromatic rings. The molecule has 0 fully saturated rings. The number of amides is 1. The number of carbonyl (C=O) groups excluding carboxylic acids is 1. The maximum Gasteiger partial charge on any atom is 0.273 e. The number of hydrogen-bond donors (Lipinski definition) is 1. The fraction of sp³-hybridized carbons (Fsp3) is 0.0714. The zero-order chi connectivity index (χ0) is 15.2. The summed E-state index contributed by atoms with van der Waals surface area (Å²) in [6.07, 6.45) is 0. The molecule has 0 aliphatic heterocycles. The van der Waals surface area contributed by atoms with Crippen LogP contribution in [0.4, 0.5) is 11.4 Å². The first-order valence-corrected chi connectivity index (χ1v) is 6.35. The van der Waals surface area contributed by atoms with E-state index in [9.17, 15) is 14.9 Å². The van der Waals surface area contributed by atoms with Gasteiger partial charge >= 0.3 is 0 Å². The topological polar surface area (TPSA) is 81.5 Å². The van der Waals surface area contributed by atoms with Crippen molar-refractivity contribution in [2.45, 2.75) is 0 Å². The van der Waals surface area contributed by atoms with Crippen LogP contribution in [-0.4, -0.2) is 17.4 Å². The molecule has 0 aliphatic carbocycles. The van der Waals surface area contributed by atoms with Gasteiger partial charge in [-0.05, 0) is 30.3 Å². The molecule has 0 heterocycles. The van der Waals surface area contributed by atoms with Crippen molar-refractivity contribution in [2.24, 2.45) is 0 Å². The van der Waals surface area contributed by atoms with Gasteiger partial charge in [0.05, 0.1) is 11.0 Å². The van der Waals surface area contributed by atoms with Crippen LogP contribution >= 0.6 is 11.6 Å². The summed E-state index contributed by atoms with van der Waals surface area (Å²) < 4.78 is 5.21. The van der Waals surface area contributed by atoms with Gasteiger partial charge in [0, 0.05) is 16.8 Å². The largest absolute Gasteiger partial charge is 0.484 e. The minimum absolute atomic E-state index is 0.0920. The molecule has 7 heteroatoms. The summed E-state index contributed by atoms with van der Waals surface area (Å²) in [4.78, 5) is 21.8. The maximum absolute atomic E-state index is 11.7. The van der Waals surface area contributed by atoms with Crippen molar-refractivity contribution in [2.75, 3.05) is 11.9 Å². The molecular weight excluding hydrogens is 296 g/mol. The van der Waals surface area contributed by atoms with E-state index in [1.54, 1.807) is 30.3 Å². The van der Waals surface area contributed by atoms with Crippen LogP contribution < -0.4 is 10.1 Å². The third-order valence-electron chi connectivity index (χ3n) is 2.53. The van der Waals surface area contributed by atoms with Crippen molar-refractivity contribution in [1.82, 2.24) is 0 Å². The number of halogens is 1. The summed E-state index contributed by atoms with van der Waals surface area (Å²) in [6, 6.07) is 12.3. The second kappa shape index (κ2) is 6.71. The van der Waals surface area contributed by atoms with Crippen molar-refractivity contribution < 1.29 is 14.5 Å². The Morgan fingerprint density at radius 1 is 1.24 bits per heavy atom. The van der Waals surface area contributed by atoms with E-state index in [4.69, 9.17) is 16.3 Å². The van der Waals surface area contributed by atoms with Crippen LogP contribution in [0.5, 0.6) is 5.75 Å². The van der Waals surface area contributed by atoms with Crippen LogP contribution in [0.25, 0.3) is 0 Å². The van der Waals surface area contributed by atoms with E-state index in [1.807, 2.05) is 0 Å². The summed E-state index contributed by atoms with van der Waals surface area (Å²) >= 11 is 5.74. The van der Waals surface area contributed by atoms with Gasteiger partial charge < -0.3 is 10.1 Å². The summed E-state index contributed by atoms with van der Waals surface area (Å²) in [6.45, 7) is -0.246. The van der Waals surface area contributed by atoms with Crippen molar-refractivity contribution in [3.63, 3.8) is 0 Å². The fourth-order valence-electron chi connectivity index (χ4n) is 1.57. The van der Waals surface area contributed by atoms with Gasteiger partial charge in [0.2, 0.25) is 0 Å². The van der Waals surface area contributed by atoms with E-state index in [2.05, 4.69) is 5.32 Å². The Bertz CT molecular complexity index is 658. The summed E-state index contributed by atoms with van der Waals surface area (Å²) in [5.74, 6) is -0.112. The van der Waals surface area contributed by atoms with E-state index >= 15 is 0 Å². The van der Waals surface area contributed by atoms with E-state index < -0.39 is 4.92 Å². The Morgan fingerprint density at radius 2 is 1.95 bits per heavy atom. The Labute approximate surface area is 125 Å². The van der Waals surface area contributed by atoms with Crippen LogP contribution in [0, 0.1) is 10.1 Å². The highest BCUT2D eigenvalue weighted by Crippen LogP contribution is 2.19. The first-order chi connectivity index (χ1) is 10.0. The average Bonchev–Trinajstić information content (AvgIpc) is 2.48. The minimum Gasteiger partial charge on any atom is -0.484 e. The molecule has 0 spiro atoms. The predicted molar refractivity (Wildman–Crippen MR) is 78.7 cm³/mol. The second-order valence-corrected chi connectivity index (χ2v) is 4.53. The standard InChI is InChI=1S/C14H11ClN2O4/c15-10-4-6-11(7-5-10)16-14(18)9-21-13-3-1-2-12(8-13)17(19)20/h1-8H,9H2,(H,16,18). The van der Waals surface area contributed by atoms with Crippen LogP contribution in [0.1, 0.15) is 0 Å². The number of nitrogens with zero attached hydrogens (tertiary/aromatic N) is 1. The Balaban J connectivity index is 1.90. The maximum atomic E-state index is 11.7. The zero-order valence-corrected chi connectivity index (χ0v) is 11.5. The lowest BCUT2D eigenvalue weighted by Gasteiger charge is -2.07. The molecule has 0 saturated carbocycles. The van der Waals surface area contributed by atoms with Crippen LogP contribution in [0.15, 0.2) is 48.5 Å². The number of nitro groups is 1. The molecule has 0 radical (unpaired) electrons. The van der Waals surface area contributed by atoms with Gasteiger partial charge in [-0.2, -0.15) is 0 Å². The molecule has 2 aromatic carbocycles. The third kappa shape index (κ3) is 4.47. The second-order valence-electron chi connectivity index (χ2n) is 4.10. The molecule has 108 valence electrons. The van der Waals surface area contributed by atoms with E-state index in [0.717, 1.165) is 0 Å². The Morgan fingerprint density at radius 3 is 2.62 bits per heavy atom. The average molecular weight is 307 g/mol. The van der Waals surface area contributed by atoms with Crippen molar-refractivity contribution in [3.05, 3.63) is 63.7 Å². The number of ether oxygens (including phenoxy) is 1. The van der Waals surface area contributed by atoms with Crippen LogP contribution in [0.3, 0.4) is 0 Å². The SMILES string of the molecule is O=C(COc1cccc([N+](=O)[O-])c1)Nc1ccc(Cl)cc1. The third-order valence-corrected chi connectivity index (χ3v) is 2.78. The zero-order valence-electron chi connectivity index (χ0n) is 10.8. The van der Waals surface area contributed by atoms with E-state index in [1.165, 1.54) is 18.2 Å². The monoisotopic (exact) mass is 306 g/mol. The number of non-ortho nitro benzene ring substituents is 1. The number of carbonyl (C=O) groups is 1. The smallest absolute Gasteiger partial charge is 0.273 e. The van der Waals surface area contributed by atoms with Crippen LogP contribution in [0.2, 0.25) is 5.02 Å². The molecule has 1 amide bonds. The number of rotatable bonds is 5. The van der Waals surface area contributed by atoms with Gasteiger partial charge in [0.15, 0.2) is 6.61 Å². The minimum atomic E-state index is -0.527. The lowest BCUT2D eigenvalue weighted by Crippen LogP contribution is -2.20. The summed E-state index contributed by atoms with van der Waals surface area (Å²) in [5.41, 5.74) is 0.498. The van der Waals surface area contributed by atoms with Gasteiger partial charge in [-0.1, -0.05) is 17.7 Å². The highest BCUT2D eigenvalue weighted by molar-refractivity contribution is 6.30. The van der Waals surface area contributed by atoms with E-state index in [-0.39, 0.29) is 24.0 Å². The van der Waals surface area contributed by atoms with Gasteiger partial charge in [-0.25, -0.2) is 0 Å². The molecule has 0 saturated heterocycles. The first kappa shape index (κ1) is 14.8. The Hall–Kier alpha value is -2.60. The molecule has 6 nitrogen and oxygen atoms in total. The summed E-state index contributed by atoms with van der Waals surface area (Å²) in [5, 5.41) is 13.8. The summed E-state index contributed by atoms with van der Waals surface area (Å²) in [7, 11) is 0. The number of nitro benzene ring substituents is 1. The number of nitrogens with one attached hydrogen (secondary N) is 1. The number of hydrogen-bond acceptors (Lipinski definition) is 4. The molecule has 0 unspecified atom stereocenters. The fourth-order valence-corrected chi connectivity index (χ4v) is 1.69. The van der Waals surface area contributed by atoms with Gasteiger partial charge in [-0.3, -0.25) is 14.9 Å². The van der Waals surface area contributed by atoms with Gasteiger partial charge in [0.1, 0.15) is 5.75 Å². The van der Waals surface area contributed by atoms with Crippen molar-refractivity contribution >= 4 is 28.9 Å². The first-order valence-electron chi connectivity index (χ1n) is 5.97. The number of anilines is 1. The van der Waals surface area contributed by atoms with Gasteiger partial charge in [0.25, 0.3) is 11.6 Å². The molecule has 0 atom stereocenters. The van der Waals surface area contributed by atoms with Crippen molar-refractivity contribution in [3.8, 4) is 5.75 Å². The number of benzene rings is 2. The molecule has 0 bridgehead atoms. The normalized spacial score (nSPS) is 9.95. The molecule has 21 heavy (non-hydrogen) atoms. The molecular formula is C14H11ClN2O4. The lowest BCUT2D eigenvalue weighted by molar-refractivity contribution is -0.384. The predicted octanol–water partition coefficient (Wildman–Crippen LogP) is 3.27. The molecule has 0 aromatic heterocycles.